The van der Waals surface area contributed by atoms with E-state index in [2.05, 4.69) is 39.0 Å². The summed E-state index contributed by atoms with van der Waals surface area (Å²) in [6.45, 7) is 4.66. The van der Waals surface area contributed by atoms with Gasteiger partial charge in [0.05, 0.1) is 0 Å². The summed E-state index contributed by atoms with van der Waals surface area (Å²) in [5.74, 6) is 0.214. The normalized spacial score (nSPS) is 24.7. The fraction of sp³-hybridized carbons (Fsp3) is 0.722. The molecule has 2 saturated heterocycles. The van der Waals surface area contributed by atoms with Crippen LogP contribution in [0.4, 0.5) is 0 Å². The van der Waals surface area contributed by atoms with Gasteiger partial charge < -0.3 is 10.2 Å². The number of hydrogen-bond acceptors (Lipinski definition) is 4. The highest BCUT2D eigenvalue weighted by molar-refractivity contribution is 7.07. The number of carbonyl (C=O) groups excluding carboxylic acids is 1. The smallest absolute Gasteiger partial charge is 0.220 e. The van der Waals surface area contributed by atoms with Crippen molar-refractivity contribution in [2.45, 2.75) is 50.6 Å². The molecule has 3 heterocycles. The maximum absolute atomic E-state index is 12.2. The molecule has 128 valence electrons. The molecule has 1 aromatic rings. The van der Waals surface area contributed by atoms with Crippen LogP contribution >= 0.6 is 11.3 Å². The maximum Gasteiger partial charge on any atom is 0.220 e. The third-order valence-electron chi connectivity index (χ3n) is 5.24. The van der Waals surface area contributed by atoms with Gasteiger partial charge in [-0.2, -0.15) is 11.3 Å². The predicted molar refractivity (Wildman–Crippen MR) is 95.9 cm³/mol. The maximum atomic E-state index is 12.2. The zero-order valence-corrected chi connectivity index (χ0v) is 15.0. The Hall–Kier alpha value is -0.910. The Kier molecular flexibility index (Phi) is 6.08. The van der Waals surface area contributed by atoms with Crippen molar-refractivity contribution >= 4 is 17.2 Å². The van der Waals surface area contributed by atoms with Gasteiger partial charge in [-0.1, -0.05) is 0 Å². The first kappa shape index (κ1) is 16.9. The quantitative estimate of drug-likeness (QED) is 0.897. The topological polar surface area (TPSA) is 35.6 Å². The average molecular weight is 336 g/mol. The summed E-state index contributed by atoms with van der Waals surface area (Å²) in [7, 11) is 2.21. The summed E-state index contributed by atoms with van der Waals surface area (Å²) in [6, 6.07) is 3.18. The molecule has 2 aliphatic heterocycles. The number of likely N-dealkylation sites (tertiary alicyclic amines) is 2. The van der Waals surface area contributed by atoms with E-state index >= 15 is 0 Å². The molecule has 1 amide bonds. The van der Waals surface area contributed by atoms with Crippen LogP contribution in [0.5, 0.6) is 0 Å². The van der Waals surface area contributed by atoms with Gasteiger partial charge in [0, 0.05) is 25.0 Å². The third-order valence-corrected chi connectivity index (χ3v) is 5.98. The van der Waals surface area contributed by atoms with E-state index in [-0.39, 0.29) is 5.91 Å². The fourth-order valence-corrected chi connectivity index (χ4v) is 4.51. The number of amides is 1. The number of aryl methyl sites for hydroxylation is 1. The zero-order valence-electron chi connectivity index (χ0n) is 14.2. The van der Waals surface area contributed by atoms with Crippen molar-refractivity contribution < 1.29 is 4.79 Å². The lowest BCUT2D eigenvalue weighted by Gasteiger charge is -2.41. The van der Waals surface area contributed by atoms with E-state index in [9.17, 15) is 4.79 Å². The second-order valence-corrected chi connectivity index (χ2v) is 7.85. The van der Waals surface area contributed by atoms with Crippen LogP contribution in [0.2, 0.25) is 0 Å². The average Bonchev–Trinajstić information content (AvgIpc) is 3.07. The van der Waals surface area contributed by atoms with Gasteiger partial charge in [-0.3, -0.25) is 9.69 Å². The van der Waals surface area contributed by atoms with Gasteiger partial charge in [0.25, 0.3) is 0 Å². The van der Waals surface area contributed by atoms with Crippen LogP contribution in [0.25, 0.3) is 0 Å². The number of hydrogen-bond donors (Lipinski definition) is 1. The molecule has 0 saturated carbocycles. The van der Waals surface area contributed by atoms with Gasteiger partial charge in [-0.15, -0.1) is 0 Å². The molecule has 4 nitrogen and oxygen atoms in total. The standard InChI is InChI=1S/C18H29N3OS/c1-20-10-6-17(7-11-20)21-9-2-3-16(13-21)19-18(22)5-4-15-8-12-23-14-15/h8,12,14,16-17H,2-7,9-11,13H2,1H3,(H,19,22)/t16-/m0/s1. The lowest BCUT2D eigenvalue weighted by molar-refractivity contribution is -0.122. The van der Waals surface area contributed by atoms with Crippen LogP contribution < -0.4 is 5.32 Å². The molecule has 1 N–H and O–H groups in total. The number of carbonyl (C=O) groups is 1. The largest absolute Gasteiger partial charge is 0.352 e. The molecule has 0 spiro atoms. The highest BCUT2D eigenvalue weighted by Gasteiger charge is 2.28. The Morgan fingerprint density at radius 1 is 1.30 bits per heavy atom. The molecule has 23 heavy (non-hydrogen) atoms. The summed E-state index contributed by atoms with van der Waals surface area (Å²) < 4.78 is 0. The van der Waals surface area contributed by atoms with E-state index in [1.54, 1.807) is 11.3 Å². The highest BCUT2D eigenvalue weighted by Crippen LogP contribution is 2.20. The third kappa shape index (κ3) is 5.03. The zero-order chi connectivity index (χ0) is 16.1. The highest BCUT2D eigenvalue weighted by atomic mass is 32.1. The first-order valence-corrected chi connectivity index (χ1v) is 9.88. The fourth-order valence-electron chi connectivity index (χ4n) is 3.81. The van der Waals surface area contributed by atoms with Gasteiger partial charge in [0.1, 0.15) is 0 Å². The van der Waals surface area contributed by atoms with Crippen molar-refractivity contribution in [3.05, 3.63) is 22.4 Å². The Morgan fingerprint density at radius 3 is 2.87 bits per heavy atom. The molecular weight excluding hydrogens is 306 g/mol. The van der Waals surface area contributed by atoms with Gasteiger partial charge in [-0.05, 0) is 81.2 Å². The molecule has 0 aliphatic carbocycles. The SMILES string of the molecule is CN1CCC(N2CCC[C@H](NC(=O)CCc3ccsc3)C2)CC1. The van der Waals surface area contributed by atoms with Crippen molar-refractivity contribution in [3.8, 4) is 0 Å². The van der Waals surface area contributed by atoms with Crippen molar-refractivity contribution in [1.82, 2.24) is 15.1 Å². The molecule has 0 unspecified atom stereocenters. The van der Waals surface area contributed by atoms with Gasteiger partial charge in [0.15, 0.2) is 0 Å². The lowest BCUT2D eigenvalue weighted by atomic mass is 9.98. The van der Waals surface area contributed by atoms with Crippen LogP contribution in [0.3, 0.4) is 0 Å². The number of thiophene rings is 1. The van der Waals surface area contributed by atoms with Crippen molar-refractivity contribution in [2.75, 3.05) is 33.2 Å². The molecule has 2 aliphatic rings. The van der Waals surface area contributed by atoms with E-state index in [4.69, 9.17) is 0 Å². The number of piperidine rings is 2. The van der Waals surface area contributed by atoms with Crippen molar-refractivity contribution in [3.63, 3.8) is 0 Å². The van der Waals surface area contributed by atoms with Crippen LogP contribution in [-0.4, -0.2) is 61.0 Å². The first-order valence-electron chi connectivity index (χ1n) is 8.94. The summed E-state index contributed by atoms with van der Waals surface area (Å²) in [6.07, 6.45) is 6.36. The predicted octanol–water partition coefficient (Wildman–Crippen LogP) is 2.36. The van der Waals surface area contributed by atoms with Crippen LogP contribution in [0.15, 0.2) is 16.8 Å². The van der Waals surface area contributed by atoms with Crippen LogP contribution in [0.1, 0.15) is 37.7 Å². The van der Waals surface area contributed by atoms with E-state index in [0.29, 0.717) is 12.5 Å². The van der Waals surface area contributed by atoms with Gasteiger partial charge in [-0.25, -0.2) is 0 Å². The summed E-state index contributed by atoms with van der Waals surface area (Å²) in [4.78, 5) is 17.2. The minimum absolute atomic E-state index is 0.214. The summed E-state index contributed by atoms with van der Waals surface area (Å²) in [5, 5.41) is 7.48. The molecule has 5 heteroatoms. The van der Waals surface area contributed by atoms with Crippen LogP contribution in [-0.2, 0) is 11.2 Å². The van der Waals surface area contributed by atoms with E-state index in [0.717, 1.165) is 25.4 Å². The second-order valence-electron chi connectivity index (χ2n) is 7.07. The molecule has 0 bridgehead atoms. The Labute approximate surface area is 143 Å². The molecule has 0 radical (unpaired) electrons. The molecule has 0 aromatic carbocycles. The lowest BCUT2D eigenvalue weighted by Crippen LogP contribution is -2.53. The van der Waals surface area contributed by atoms with Crippen LogP contribution in [0, 0.1) is 0 Å². The summed E-state index contributed by atoms with van der Waals surface area (Å²) in [5.41, 5.74) is 1.28. The Morgan fingerprint density at radius 2 is 2.13 bits per heavy atom. The van der Waals surface area contributed by atoms with Crippen molar-refractivity contribution in [1.29, 1.82) is 0 Å². The molecule has 2 fully saturated rings. The first-order chi connectivity index (χ1) is 11.2. The van der Waals surface area contributed by atoms with E-state index in [1.807, 2.05) is 0 Å². The molecule has 3 rings (SSSR count). The number of nitrogens with one attached hydrogen (secondary N) is 1. The minimum atomic E-state index is 0.214. The number of rotatable bonds is 5. The summed E-state index contributed by atoms with van der Waals surface area (Å²) >= 11 is 1.70. The molecular formula is C18H29N3OS. The van der Waals surface area contributed by atoms with Crippen molar-refractivity contribution in [2.24, 2.45) is 0 Å². The van der Waals surface area contributed by atoms with Gasteiger partial charge >= 0.3 is 0 Å². The Bertz CT molecular complexity index is 482. The van der Waals surface area contributed by atoms with E-state index in [1.165, 1.54) is 44.5 Å². The van der Waals surface area contributed by atoms with E-state index < -0.39 is 0 Å². The minimum Gasteiger partial charge on any atom is -0.352 e. The molecule has 1 atom stereocenters. The monoisotopic (exact) mass is 335 g/mol. The number of nitrogens with zero attached hydrogens (tertiary/aromatic N) is 2. The molecule has 1 aromatic heterocycles. The Balaban J connectivity index is 1.42. The second kappa shape index (κ2) is 8.27. The van der Waals surface area contributed by atoms with Gasteiger partial charge in [0.2, 0.25) is 5.91 Å².